The minimum Gasteiger partial charge on any atom is -0.380 e. The van der Waals surface area contributed by atoms with Crippen LogP contribution < -0.4 is 10.6 Å². The Morgan fingerprint density at radius 2 is 2.14 bits per heavy atom. The Hall–Kier alpha value is -1.19. The van der Waals surface area contributed by atoms with Gasteiger partial charge in [0.1, 0.15) is 11.5 Å². The van der Waals surface area contributed by atoms with Crippen molar-refractivity contribution < 1.29 is 0 Å². The molecule has 4 heteroatoms. The van der Waals surface area contributed by atoms with Crippen molar-refractivity contribution in [1.29, 1.82) is 0 Å². The van der Waals surface area contributed by atoms with E-state index in [2.05, 4.69) is 22.7 Å². The van der Waals surface area contributed by atoms with Crippen LogP contribution in [-0.4, -0.2) is 21.9 Å². The van der Waals surface area contributed by atoms with Gasteiger partial charge in [-0.3, -0.25) is 4.68 Å². The fourth-order valence-corrected chi connectivity index (χ4v) is 2.28. The van der Waals surface area contributed by atoms with Gasteiger partial charge in [0.15, 0.2) is 0 Å². The Morgan fingerprint density at radius 3 is 2.86 bits per heavy atom. The standard InChI is InChI=1S/C10H16N4/c1-7-8-9(14(2)13-7)12-10(3-4-10)5-6-11-8/h11-12H,3-6H2,1-2H3. The lowest BCUT2D eigenvalue weighted by Crippen LogP contribution is -2.22. The smallest absolute Gasteiger partial charge is 0.148 e. The van der Waals surface area contributed by atoms with E-state index in [-0.39, 0.29) is 0 Å². The van der Waals surface area contributed by atoms with Crippen LogP contribution >= 0.6 is 0 Å². The summed E-state index contributed by atoms with van der Waals surface area (Å²) in [6, 6.07) is 0. The van der Waals surface area contributed by atoms with Crippen LogP contribution in [0.15, 0.2) is 0 Å². The molecular weight excluding hydrogens is 176 g/mol. The van der Waals surface area contributed by atoms with Crippen LogP contribution in [-0.2, 0) is 7.05 Å². The first kappa shape index (κ1) is 8.15. The minimum absolute atomic E-state index is 0.387. The van der Waals surface area contributed by atoms with Gasteiger partial charge in [0.25, 0.3) is 0 Å². The molecule has 1 aromatic heterocycles. The van der Waals surface area contributed by atoms with Gasteiger partial charge >= 0.3 is 0 Å². The molecule has 2 heterocycles. The zero-order valence-corrected chi connectivity index (χ0v) is 8.72. The van der Waals surface area contributed by atoms with Gasteiger partial charge in [0, 0.05) is 19.1 Å². The molecule has 1 aliphatic heterocycles. The number of hydrogen-bond acceptors (Lipinski definition) is 3. The molecule has 1 aliphatic carbocycles. The van der Waals surface area contributed by atoms with E-state index in [1.807, 2.05) is 11.7 Å². The molecule has 0 radical (unpaired) electrons. The molecule has 0 aromatic carbocycles. The number of hydrogen-bond donors (Lipinski definition) is 2. The summed E-state index contributed by atoms with van der Waals surface area (Å²) in [5.74, 6) is 1.16. The Morgan fingerprint density at radius 1 is 1.36 bits per heavy atom. The minimum atomic E-state index is 0.387. The Bertz CT molecular complexity index is 376. The number of nitrogens with zero attached hydrogens (tertiary/aromatic N) is 2. The lowest BCUT2D eigenvalue weighted by atomic mass is 10.2. The van der Waals surface area contributed by atoms with Crippen LogP contribution in [0.4, 0.5) is 11.5 Å². The van der Waals surface area contributed by atoms with Gasteiger partial charge in [-0.05, 0) is 26.2 Å². The summed E-state index contributed by atoms with van der Waals surface area (Å²) in [6.45, 7) is 3.12. The first-order valence-corrected chi connectivity index (χ1v) is 5.26. The number of anilines is 2. The number of aryl methyl sites for hydroxylation is 2. The highest BCUT2D eigenvalue weighted by molar-refractivity contribution is 5.70. The monoisotopic (exact) mass is 192 g/mol. The molecule has 0 saturated heterocycles. The average Bonchev–Trinajstić information content (AvgIpc) is 2.88. The van der Waals surface area contributed by atoms with E-state index in [0.29, 0.717) is 5.54 Å². The Kier molecular flexibility index (Phi) is 1.42. The van der Waals surface area contributed by atoms with Crippen molar-refractivity contribution >= 4 is 11.5 Å². The highest BCUT2D eigenvalue weighted by Gasteiger charge is 2.44. The van der Waals surface area contributed by atoms with E-state index in [0.717, 1.165) is 18.1 Å². The van der Waals surface area contributed by atoms with Crippen LogP contribution in [0.2, 0.25) is 0 Å². The number of nitrogens with one attached hydrogen (secondary N) is 2. The predicted molar refractivity (Wildman–Crippen MR) is 56.6 cm³/mol. The number of fused-ring (bicyclic) bond motifs is 1. The maximum Gasteiger partial charge on any atom is 0.148 e. The normalized spacial score (nSPS) is 22.1. The summed E-state index contributed by atoms with van der Waals surface area (Å²) in [5.41, 5.74) is 2.67. The highest BCUT2D eigenvalue weighted by Crippen LogP contribution is 2.45. The third-order valence-electron chi connectivity index (χ3n) is 3.36. The van der Waals surface area contributed by atoms with Crippen LogP contribution in [0, 0.1) is 6.92 Å². The van der Waals surface area contributed by atoms with E-state index < -0.39 is 0 Å². The van der Waals surface area contributed by atoms with Crippen molar-refractivity contribution in [2.24, 2.45) is 7.05 Å². The molecular formula is C10H16N4. The Labute approximate surface area is 83.7 Å². The molecule has 76 valence electrons. The van der Waals surface area contributed by atoms with Crippen molar-refractivity contribution in [2.45, 2.75) is 31.7 Å². The molecule has 2 N–H and O–H groups in total. The van der Waals surface area contributed by atoms with Gasteiger partial charge in [-0.2, -0.15) is 5.10 Å². The third kappa shape index (κ3) is 1.03. The fraction of sp³-hybridized carbons (Fsp3) is 0.700. The van der Waals surface area contributed by atoms with E-state index in [9.17, 15) is 0 Å². The quantitative estimate of drug-likeness (QED) is 0.654. The first-order chi connectivity index (χ1) is 6.70. The van der Waals surface area contributed by atoms with E-state index in [4.69, 9.17) is 0 Å². The summed E-state index contributed by atoms with van der Waals surface area (Å²) in [5, 5.41) is 11.5. The summed E-state index contributed by atoms with van der Waals surface area (Å²) >= 11 is 0. The second kappa shape index (κ2) is 2.43. The molecule has 0 amide bonds. The van der Waals surface area contributed by atoms with Crippen LogP contribution in [0.1, 0.15) is 25.0 Å². The van der Waals surface area contributed by atoms with E-state index >= 15 is 0 Å². The summed E-state index contributed by atoms with van der Waals surface area (Å²) in [6.07, 6.45) is 3.83. The largest absolute Gasteiger partial charge is 0.380 e. The number of aromatic nitrogens is 2. The summed E-state index contributed by atoms with van der Waals surface area (Å²) in [4.78, 5) is 0. The lowest BCUT2D eigenvalue weighted by molar-refractivity contribution is 0.664. The maximum absolute atomic E-state index is 4.42. The zero-order valence-electron chi connectivity index (χ0n) is 8.72. The zero-order chi connectivity index (χ0) is 9.76. The van der Waals surface area contributed by atoms with Crippen LogP contribution in [0.5, 0.6) is 0 Å². The molecule has 3 rings (SSSR count). The molecule has 1 fully saturated rings. The molecule has 1 aromatic rings. The summed E-state index contributed by atoms with van der Waals surface area (Å²) < 4.78 is 1.95. The highest BCUT2D eigenvalue weighted by atomic mass is 15.4. The fourth-order valence-electron chi connectivity index (χ4n) is 2.28. The molecule has 14 heavy (non-hydrogen) atoms. The second-order valence-electron chi connectivity index (χ2n) is 4.51. The lowest BCUT2D eigenvalue weighted by Gasteiger charge is -2.14. The second-order valence-corrected chi connectivity index (χ2v) is 4.51. The predicted octanol–water partition coefficient (Wildman–Crippen LogP) is 1.49. The number of rotatable bonds is 0. The average molecular weight is 192 g/mol. The third-order valence-corrected chi connectivity index (χ3v) is 3.36. The van der Waals surface area contributed by atoms with Crippen molar-refractivity contribution in [3.05, 3.63) is 5.69 Å². The molecule has 0 bridgehead atoms. The molecule has 2 aliphatic rings. The van der Waals surface area contributed by atoms with Crippen molar-refractivity contribution in [1.82, 2.24) is 9.78 Å². The molecule has 0 unspecified atom stereocenters. The molecule has 0 atom stereocenters. The van der Waals surface area contributed by atoms with Crippen molar-refractivity contribution in [3.8, 4) is 0 Å². The van der Waals surface area contributed by atoms with Crippen LogP contribution in [0.3, 0.4) is 0 Å². The maximum atomic E-state index is 4.42. The summed E-state index contributed by atoms with van der Waals surface area (Å²) in [7, 11) is 2.00. The van der Waals surface area contributed by atoms with Crippen molar-refractivity contribution in [2.75, 3.05) is 17.2 Å². The van der Waals surface area contributed by atoms with Crippen LogP contribution in [0.25, 0.3) is 0 Å². The molecule has 4 nitrogen and oxygen atoms in total. The van der Waals surface area contributed by atoms with Gasteiger partial charge in [-0.15, -0.1) is 0 Å². The topological polar surface area (TPSA) is 41.9 Å². The first-order valence-electron chi connectivity index (χ1n) is 5.26. The van der Waals surface area contributed by atoms with Crippen molar-refractivity contribution in [3.63, 3.8) is 0 Å². The Balaban J connectivity index is 2.05. The van der Waals surface area contributed by atoms with E-state index in [1.54, 1.807) is 0 Å². The van der Waals surface area contributed by atoms with Gasteiger partial charge in [-0.25, -0.2) is 0 Å². The SMILES string of the molecule is Cc1nn(C)c2c1NCCC1(CC1)N2. The van der Waals surface area contributed by atoms with Gasteiger partial charge < -0.3 is 10.6 Å². The molecule has 1 spiro atoms. The van der Waals surface area contributed by atoms with Gasteiger partial charge in [-0.1, -0.05) is 0 Å². The van der Waals surface area contributed by atoms with Gasteiger partial charge in [0.2, 0.25) is 0 Å². The van der Waals surface area contributed by atoms with E-state index in [1.165, 1.54) is 24.9 Å². The molecule has 1 saturated carbocycles. The van der Waals surface area contributed by atoms with Gasteiger partial charge in [0.05, 0.1) is 5.69 Å².